The van der Waals surface area contributed by atoms with Crippen LogP contribution in [0.4, 0.5) is 0 Å². The van der Waals surface area contributed by atoms with Crippen molar-refractivity contribution in [3.05, 3.63) is 39.1 Å². The van der Waals surface area contributed by atoms with Crippen LogP contribution in [0, 0.1) is 6.92 Å². The first-order chi connectivity index (χ1) is 8.50. The van der Waals surface area contributed by atoms with Crippen LogP contribution in [0.1, 0.15) is 21.7 Å². The Kier molecular flexibility index (Phi) is 3.85. The number of benzene rings is 1. The summed E-state index contributed by atoms with van der Waals surface area (Å²) in [6.07, 6.45) is 0. The van der Waals surface area contributed by atoms with Gasteiger partial charge in [-0.25, -0.2) is 4.68 Å². The molecule has 0 N–H and O–H groups in total. The van der Waals surface area contributed by atoms with E-state index in [-0.39, 0.29) is 17.1 Å². The molecule has 0 atom stereocenters. The molecule has 0 radical (unpaired) electrons. The van der Waals surface area contributed by atoms with E-state index in [0.717, 1.165) is 0 Å². The number of tetrazole rings is 1. The van der Waals surface area contributed by atoms with Crippen molar-refractivity contribution in [2.75, 3.05) is 0 Å². The lowest BCUT2D eigenvalue weighted by Gasteiger charge is -2.09. The molecule has 2 aromatic rings. The topological polar surface area (TPSA) is 60.7 Å². The van der Waals surface area contributed by atoms with Gasteiger partial charge in [0.05, 0.1) is 17.1 Å². The second-order valence-corrected chi connectivity index (χ2v) is 4.67. The van der Waals surface area contributed by atoms with Crippen molar-refractivity contribution in [1.29, 1.82) is 0 Å². The van der Waals surface area contributed by atoms with Crippen LogP contribution in [0.2, 0.25) is 10.0 Å². The number of aryl methyl sites for hydroxylation is 1. The van der Waals surface area contributed by atoms with Crippen LogP contribution in [0.25, 0.3) is 0 Å². The summed E-state index contributed by atoms with van der Waals surface area (Å²) in [6, 6.07) is 3.05. The van der Waals surface area contributed by atoms with Crippen molar-refractivity contribution < 1.29 is 4.79 Å². The Morgan fingerprint density at radius 1 is 1.39 bits per heavy atom. The molecule has 5 nitrogen and oxygen atoms in total. The number of carbonyl (C=O) groups excluding carboxylic acids is 1. The number of nitrogens with zero attached hydrogens (tertiary/aromatic N) is 4. The predicted molar refractivity (Wildman–Crippen MR) is 68.3 cm³/mol. The van der Waals surface area contributed by atoms with E-state index in [0.29, 0.717) is 16.4 Å². The highest BCUT2D eigenvalue weighted by Crippen LogP contribution is 2.29. The molecule has 8 heteroatoms. The first-order valence-corrected chi connectivity index (χ1v) is 6.03. The van der Waals surface area contributed by atoms with E-state index in [2.05, 4.69) is 15.5 Å². The minimum atomic E-state index is -0.633. The Labute approximate surface area is 118 Å². The summed E-state index contributed by atoms with van der Waals surface area (Å²) in [5.41, 5.74) is 0.767. The molecule has 94 valence electrons. The van der Waals surface area contributed by atoms with Gasteiger partial charge in [-0.2, -0.15) is 0 Å². The first-order valence-electron chi connectivity index (χ1n) is 4.90. The molecule has 1 aromatic carbocycles. The summed E-state index contributed by atoms with van der Waals surface area (Å²) in [4.78, 5) is 11.2. The molecule has 2 rings (SSSR count). The first kappa shape index (κ1) is 13.3. The highest BCUT2D eigenvalue weighted by atomic mass is 35.5. The van der Waals surface area contributed by atoms with Gasteiger partial charge in [-0.15, -0.1) is 5.10 Å². The predicted octanol–water partition coefficient (Wildman–Crippen LogP) is 2.72. The smallest absolute Gasteiger partial charge is 0.253 e. The van der Waals surface area contributed by atoms with Gasteiger partial charge >= 0.3 is 0 Å². The summed E-state index contributed by atoms with van der Waals surface area (Å²) >= 11 is 17.6. The zero-order chi connectivity index (χ0) is 13.3. The van der Waals surface area contributed by atoms with Gasteiger partial charge in [-0.3, -0.25) is 4.79 Å². The van der Waals surface area contributed by atoms with Crippen LogP contribution < -0.4 is 0 Å². The van der Waals surface area contributed by atoms with E-state index < -0.39 is 5.24 Å². The van der Waals surface area contributed by atoms with Crippen molar-refractivity contribution in [3.8, 4) is 0 Å². The average molecular weight is 306 g/mol. The third-order valence-electron chi connectivity index (χ3n) is 2.42. The van der Waals surface area contributed by atoms with Gasteiger partial charge in [-0.05, 0) is 41.1 Å². The molecule has 0 spiro atoms. The van der Waals surface area contributed by atoms with Gasteiger partial charge in [0.25, 0.3) is 5.24 Å². The zero-order valence-electron chi connectivity index (χ0n) is 9.19. The summed E-state index contributed by atoms with van der Waals surface area (Å²) in [5.74, 6) is 0.615. The number of aromatic nitrogens is 4. The molecule has 0 aliphatic rings. The number of rotatable bonds is 3. The molecule has 1 aromatic heterocycles. The van der Waals surface area contributed by atoms with E-state index in [4.69, 9.17) is 34.8 Å². The van der Waals surface area contributed by atoms with Crippen molar-refractivity contribution in [3.63, 3.8) is 0 Å². The van der Waals surface area contributed by atoms with Crippen molar-refractivity contribution in [2.24, 2.45) is 0 Å². The van der Waals surface area contributed by atoms with Crippen molar-refractivity contribution in [1.82, 2.24) is 20.2 Å². The minimum Gasteiger partial charge on any atom is -0.276 e. The van der Waals surface area contributed by atoms with Crippen molar-refractivity contribution in [2.45, 2.75) is 13.5 Å². The zero-order valence-corrected chi connectivity index (χ0v) is 11.5. The van der Waals surface area contributed by atoms with Gasteiger partial charge in [0, 0.05) is 10.6 Å². The van der Waals surface area contributed by atoms with E-state index in [9.17, 15) is 4.79 Å². The number of hydrogen-bond acceptors (Lipinski definition) is 4. The van der Waals surface area contributed by atoms with Crippen LogP contribution in [0.5, 0.6) is 0 Å². The van der Waals surface area contributed by atoms with Gasteiger partial charge in [-0.1, -0.05) is 23.2 Å². The highest BCUT2D eigenvalue weighted by molar-refractivity contribution is 6.68. The third kappa shape index (κ3) is 2.48. The maximum Gasteiger partial charge on any atom is 0.253 e. The Bertz CT molecular complexity index is 611. The third-order valence-corrected chi connectivity index (χ3v) is 3.41. The molecule has 0 aliphatic heterocycles. The average Bonchev–Trinajstić information content (AvgIpc) is 2.69. The molecule has 0 fully saturated rings. The van der Waals surface area contributed by atoms with Crippen LogP contribution in [-0.4, -0.2) is 25.4 Å². The lowest BCUT2D eigenvalue weighted by Crippen LogP contribution is -2.07. The fourth-order valence-corrected chi connectivity index (χ4v) is 2.22. The van der Waals surface area contributed by atoms with Crippen LogP contribution in [-0.2, 0) is 6.54 Å². The molecule has 0 amide bonds. The Hall–Kier alpha value is -1.17. The van der Waals surface area contributed by atoms with Crippen LogP contribution >= 0.6 is 34.8 Å². The van der Waals surface area contributed by atoms with Gasteiger partial charge in [0.1, 0.15) is 5.82 Å². The highest BCUT2D eigenvalue weighted by Gasteiger charge is 2.16. The van der Waals surface area contributed by atoms with E-state index >= 15 is 0 Å². The monoisotopic (exact) mass is 304 g/mol. The fourth-order valence-electron chi connectivity index (χ4n) is 1.44. The van der Waals surface area contributed by atoms with Crippen LogP contribution in [0.15, 0.2) is 12.1 Å². The maximum atomic E-state index is 11.2. The molecule has 1 heterocycles. The van der Waals surface area contributed by atoms with Crippen molar-refractivity contribution >= 4 is 40.0 Å². The minimum absolute atomic E-state index is 0.212. The lowest BCUT2D eigenvalue weighted by molar-refractivity contribution is 0.108. The SMILES string of the molecule is Cc1nnnn1Cc1c(Cl)ccc(C(=O)Cl)c1Cl. The molecule has 0 bridgehead atoms. The maximum absolute atomic E-state index is 11.2. The fraction of sp³-hybridized carbons (Fsp3) is 0.200. The van der Waals surface area contributed by atoms with E-state index in [1.54, 1.807) is 13.0 Å². The molecular formula is C10H7Cl3N4O. The van der Waals surface area contributed by atoms with Gasteiger partial charge in [0.15, 0.2) is 0 Å². The summed E-state index contributed by atoms with van der Waals surface area (Å²) in [5, 5.41) is 11.1. The van der Waals surface area contributed by atoms with E-state index in [1.165, 1.54) is 10.7 Å². The molecular weight excluding hydrogens is 298 g/mol. The summed E-state index contributed by atoms with van der Waals surface area (Å²) in [6.45, 7) is 2.02. The van der Waals surface area contributed by atoms with Gasteiger partial charge < -0.3 is 0 Å². The molecule has 0 unspecified atom stereocenters. The molecule has 0 aliphatic carbocycles. The second-order valence-electron chi connectivity index (χ2n) is 3.54. The summed E-state index contributed by atoms with van der Waals surface area (Å²) < 4.78 is 1.52. The quantitative estimate of drug-likeness (QED) is 0.818. The number of halogens is 3. The van der Waals surface area contributed by atoms with Gasteiger partial charge in [0.2, 0.25) is 0 Å². The van der Waals surface area contributed by atoms with Crippen LogP contribution in [0.3, 0.4) is 0 Å². The number of hydrogen-bond donors (Lipinski definition) is 0. The second kappa shape index (κ2) is 5.22. The molecule has 18 heavy (non-hydrogen) atoms. The lowest BCUT2D eigenvalue weighted by atomic mass is 10.1. The van der Waals surface area contributed by atoms with E-state index in [1.807, 2.05) is 0 Å². The Balaban J connectivity index is 2.47. The summed E-state index contributed by atoms with van der Waals surface area (Å²) in [7, 11) is 0. The Morgan fingerprint density at radius 3 is 2.67 bits per heavy atom. The molecule has 0 saturated carbocycles. The normalized spacial score (nSPS) is 10.7. The number of carbonyl (C=O) groups is 1. The Morgan fingerprint density at radius 2 is 2.11 bits per heavy atom. The largest absolute Gasteiger partial charge is 0.276 e. The molecule has 0 saturated heterocycles. The standard InChI is InChI=1S/C10H7Cl3N4O/c1-5-14-15-16-17(5)4-7-8(11)3-2-6(9(7)12)10(13)18/h2-3H,4H2,1H3.